The zero-order chi connectivity index (χ0) is 21.4. The van der Waals surface area contributed by atoms with E-state index in [1.807, 2.05) is 17.0 Å². The third kappa shape index (κ3) is 3.94. The van der Waals surface area contributed by atoms with Crippen LogP contribution in [0.2, 0.25) is 0 Å². The maximum absolute atomic E-state index is 13.8. The van der Waals surface area contributed by atoms with E-state index >= 15 is 0 Å². The second-order valence-corrected chi connectivity index (χ2v) is 10.3. The highest BCUT2D eigenvalue weighted by molar-refractivity contribution is 7.99. The second kappa shape index (κ2) is 8.79. The van der Waals surface area contributed by atoms with E-state index < -0.39 is 0 Å². The molecule has 0 radical (unpaired) electrons. The minimum atomic E-state index is 0.00442. The molecule has 0 spiro atoms. The summed E-state index contributed by atoms with van der Waals surface area (Å²) in [5.74, 6) is 0.450. The minimum Gasteiger partial charge on any atom is -0.342 e. The van der Waals surface area contributed by atoms with E-state index in [1.165, 1.54) is 34.2 Å². The molecule has 1 fully saturated rings. The van der Waals surface area contributed by atoms with E-state index in [2.05, 4.69) is 19.1 Å². The van der Waals surface area contributed by atoms with Crippen LogP contribution in [0.1, 0.15) is 48.6 Å². The molecule has 2 aromatic heterocycles. The molecule has 0 saturated carbocycles. The van der Waals surface area contributed by atoms with Crippen LogP contribution in [0, 0.1) is 0 Å². The molecule has 0 unspecified atom stereocenters. The van der Waals surface area contributed by atoms with Gasteiger partial charge in [-0.1, -0.05) is 30.8 Å². The van der Waals surface area contributed by atoms with Crippen molar-refractivity contribution in [2.24, 2.45) is 0 Å². The summed E-state index contributed by atoms with van der Waals surface area (Å²) in [5, 5.41) is 1.40. The summed E-state index contributed by atoms with van der Waals surface area (Å²) in [6.45, 7) is 3.81. The van der Waals surface area contributed by atoms with Crippen molar-refractivity contribution in [3.8, 4) is 5.69 Å². The number of likely N-dealkylation sites (tertiary alicyclic amines) is 1. The number of carbonyl (C=O) groups is 1. The van der Waals surface area contributed by atoms with Crippen molar-refractivity contribution < 1.29 is 4.79 Å². The first-order valence-electron chi connectivity index (χ1n) is 11.2. The number of thioether (sulfide) groups is 1. The van der Waals surface area contributed by atoms with E-state index in [9.17, 15) is 9.59 Å². The van der Waals surface area contributed by atoms with Crippen molar-refractivity contribution in [2.45, 2.75) is 57.0 Å². The van der Waals surface area contributed by atoms with Gasteiger partial charge in [-0.15, -0.1) is 11.3 Å². The topological polar surface area (TPSA) is 55.2 Å². The van der Waals surface area contributed by atoms with Crippen LogP contribution in [0.3, 0.4) is 0 Å². The number of carbonyl (C=O) groups excluding carboxylic acids is 1. The molecule has 7 heteroatoms. The number of thiophene rings is 1. The van der Waals surface area contributed by atoms with Gasteiger partial charge in [0.25, 0.3) is 5.56 Å². The first-order valence-corrected chi connectivity index (χ1v) is 13.0. The number of aryl methyl sites for hydroxylation is 3. The Labute approximate surface area is 190 Å². The van der Waals surface area contributed by atoms with Gasteiger partial charge in [-0.2, -0.15) is 0 Å². The van der Waals surface area contributed by atoms with Gasteiger partial charge in [-0.25, -0.2) is 4.98 Å². The molecule has 3 aromatic rings. The van der Waals surface area contributed by atoms with Crippen LogP contribution in [0.4, 0.5) is 0 Å². The molecule has 1 aromatic carbocycles. The molecule has 5 rings (SSSR count). The van der Waals surface area contributed by atoms with Crippen LogP contribution in [0.15, 0.2) is 34.2 Å². The van der Waals surface area contributed by atoms with Crippen LogP contribution in [-0.4, -0.2) is 39.2 Å². The smallest absolute Gasteiger partial charge is 0.267 e. The Morgan fingerprint density at radius 1 is 1.10 bits per heavy atom. The Hall–Kier alpha value is -2.12. The van der Waals surface area contributed by atoms with Crippen molar-refractivity contribution in [1.29, 1.82) is 0 Å². The van der Waals surface area contributed by atoms with Crippen LogP contribution in [0.25, 0.3) is 15.9 Å². The lowest BCUT2D eigenvalue weighted by Crippen LogP contribution is -2.29. The molecule has 0 N–H and O–H groups in total. The zero-order valence-electron chi connectivity index (χ0n) is 17.9. The highest BCUT2D eigenvalue weighted by atomic mass is 32.2. The second-order valence-electron chi connectivity index (χ2n) is 8.32. The van der Waals surface area contributed by atoms with E-state index in [4.69, 9.17) is 4.98 Å². The first kappa shape index (κ1) is 20.8. The fourth-order valence-electron chi connectivity index (χ4n) is 4.58. The minimum absolute atomic E-state index is 0.00442. The Kier molecular flexibility index (Phi) is 5.89. The molecule has 1 aliphatic carbocycles. The maximum Gasteiger partial charge on any atom is 0.267 e. The van der Waals surface area contributed by atoms with Crippen molar-refractivity contribution in [3.63, 3.8) is 0 Å². The predicted molar refractivity (Wildman–Crippen MR) is 128 cm³/mol. The fraction of sp³-hybridized carbons (Fsp3) is 0.458. The van der Waals surface area contributed by atoms with Gasteiger partial charge in [-0.05, 0) is 68.2 Å². The van der Waals surface area contributed by atoms with Gasteiger partial charge in [0, 0.05) is 18.0 Å². The van der Waals surface area contributed by atoms with Crippen LogP contribution in [0.5, 0.6) is 0 Å². The lowest BCUT2D eigenvalue weighted by Gasteiger charge is -2.16. The summed E-state index contributed by atoms with van der Waals surface area (Å²) in [4.78, 5) is 35.4. The van der Waals surface area contributed by atoms with Crippen molar-refractivity contribution in [3.05, 3.63) is 50.6 Å². The van der Waals surface area contributed by atoms with Gasteiger partial charge < -0.3 is 4.90 Å². The monoisotopic (exact) mass is 453 g/mol. The quantitative estimate of drug-likeness (QED) is 0.418. The Morgan fingerprint density at radius 2 is 1.84 bits per heavy atom. The molecular formula is C24H27N3O2S2. The lowest BCUT2D eigenvalue weighted by atomic mass is 9.97. The average molecular weight is 454 g/mol. The van der Waals surface area contributed by atoms with E-state index in [0.717, 1.165) is 67.5 Å². The molecule has 0 bridgehead atoms. The van der Waals surface area contributed by atoms with Crippen LogP contribution < -0.4 is 5.56 Å². The fourth-order valence-corrected chi connectivity index (χ4v) is 6.79. The van der Waals surface area contributed by atoms with Gasteiger partial charge in [0.2, 0.25) is 5.91 Å². The first-order chi connectivity index (χ1) is 15.2. The van der Waals surface area contributed by atoms with Crippen molar-refractivity contribution >= 4 is 39.2 Å². The van der Waals surface area contributed by atoms with Crippen LogP contribution >= 0.6 is 23.1 Å². The number of benzene rings is 1. The number of nitrogens with zero attached hydrogens (tertiary/aromatic N) is 3. The number of aromatic nitrogens is 2. The zero-order valence-corrected chi connectivity index (χ0v) is 19.5. The van der Waals surface area contributed by atoms with E-state index in [0.29, 0.717) is 10.9 Å². The SMILES string of the molecule is CCc1ccc(-n2c(SCC(=O)N3CCCC3)nc3sc4c(c3c2=O)CCCC4)cc1. The number of amides is 1. The molecule has 5 nitrogen and oxygen atoms in total. The number of hydrogen-bond donors (Lipinski definition) is 0. The summed E-state index contributed by atoms with van der Waals surface area (Å²) in [6.07, 6.45) is 7.42. The summed E-state index contributed by atoms with van der Waals surface area (Å²) in [6, 6.07) is 8.13. The van der Waals surface area contributed by atoms with Crippen LogP contribution in [-0.2, 0) is 24.1 Å². The predicted octanol–water partition coefficient (Wildman–Crippen LogP) is 4.60. The lowest BCUT2D eigenvalue weighted by molar-refractivity contribution is -0.127. The van der Waals surface area contributed by atoms with E-state index in [-0.39, 0.29) is 11.5 Å². The molecule has 1 amide bonds. The number of rotatable bonds is 5. The molecule has 2 aliphatic rings. The molecule has 31 heavy (non-hydrogen) atoms. The van der Waals surface area contributed by atoms with Gasteiger partial charge in [0.05, 0.1) is 16.8 Å². The normalized spacial score (nSPS) is 16.1. The summed E-state index contributed by atoms with van der Waals surface area (Å²) in [7, 11) is 0. The molecular weight excluding hydrogens is 426 g/mol. The Bertz CT molecular complexity index is 1170. The molecule has 1 aliphatic heterocycles. The average Bonchev–Trinajstić information content (AvgIpc) is 3.46. The maximum atomic E-state index is 13.8. The third-order valence-corrected chi connectivity index (χ3v) is 8.45. The summed E-state index contributed by atoms with van der Waals surface area (Å²) in [5.41, 5.74) is 3.26. The molecule has 0 atom stereocenters. The van der Waals surface area contributed by atoms with Gasteiger partial charge >= 0.3 is 0 Å². The standard InChI is InChI=1S/C24H27N3O2S2/c1-2-16-9-11-17(12-10-16)27-23(29)21-18-7-3-4-8-19(18)31-22(21)25-24(27)30-15-20(28)26-13-5-6-14-26/h9-12H,2-8,13-15H2,1H3. The van der Waals surface area contributed by atoms with Gasteiger partial charge in [-0.3, -0.25) is 14.2 Å². The molecule has 162 valence electrons. The number of hydrogen-bond acceptors (Lipinski definition) is 5. The molecule has 1 saturated heterocycles. The summed E-state index contributed by atoms with van der Waals surface area (Å²) < 4.78 is 1.73. The molecule has 3 heterocycles. The highest BCUT2D eigenvalue weighted by Gasteiger charge is 2.24. The van der Waals surface area contributed by atoms with Gasteiger partial charge in [0.1, 0.15) is 4.83 Å². The third-order valence-electron chi connectivity index (χ3n) is 6.34. The summed E-state index contributed by atoms with van der Waals surface area (Å²) >= 11 is 3.05. The largest absolute Gasteiger partial charge is 0.342 e. The van der Waals surface area contributed by atoms with Gasteiger partial charge in [0.15, 0.2) is 5.16 Å². The van der Waals surface area contributed by atoms with Crippen molar-refractivity contribution in [2.75, 3.05) is 18.8 Å². The Morgan fingerprint density at radius 3 is 2.58 bits per heavy atom. The van der Waals surface area contributed by atoms with Crippen molar-refractivity contribution in [1.82, 2.24) is 14.5 Å². The number of fused-ring (bicyclic) bond motifs is 3. The van der Waals surface area contributed by atoms with E-state index in [1.54, 1.807) is 15.9 Å². The Balaban J connectivity index is 1.59. The highest BCUT2D eigenvalue weighted by Crippen LogP contribution is 2.35.